The predicted molar refractivity (Wildman–Crippen MR) is 58.7 cm³/mol. The van der Waals surface area contributed by atoms with E-state index in [1.807, 2.05) is 29.1 Å². The number of hydrogen-bond acceptors (Lipinski definition) is 3. The second-order valence-corrected chi connectivity index (χ2v) is 4.10. The summed E-state index contributed by atoms with van der Waals surface area (Å²) in [5.74, 6) is -0.0359. The van der Waals surface area contributed by atoms with E-state index in [1.165, 1.54) is 11.3 Å². The van der Waals surface area contributed by atoms with Crippen molar-refractivity contribution in [3.8, 4) is 0 Å². The van der Waals surface area contributed by atoms with E-state index in [1.54, 1.807) is 12.5 Å². The van der Waals surface area contributed by atoms with Gasteiger partial charge in [0.15, 0.2) is 0 Å². The topological polar surface area (TPSA) is 46.9 Å². The van der Waals surface area contributed by atoms with Gasteiger partial charge >= 0.3 is 0 Å². The van der Waals surface area contributed by atoms with E-state index in [0.717, 1.165) is 10.6 Å². The van der Waals surface area contributed by atoms with E-state index < -0.39 is 0 Å². The van der Waals surface area contributed by atoms with Crippen LogP contribution >= 0.6 is 11.3 Å². The zero-order chi connectivity index (χ0) is 10.7. The van der Waals surface area contributed by atoms with E-state index in [-0.39, 0.29) is 5.91 Å². The van der Waals surface area contributed by atoms with E-state index in [2.05, 4.69) is 10.3 Å². The molecule has 0 radical (unpaired) electrons. The molecule has 0 fully saturated rings. The van der Waals surface area contributed by atoms with E-state index in [0.29, 0.717) is 6.54 Å². The number of amides is 1. The maximum absolute atomic E-state index is 11.6. The third-order valence-electron chi connectivity index (χ3n) is 2.09. The first kappa shape index (κ1) is 9.92. The predicted octanol–water partition coefficient (Wildman–Crippen LogP) is 1.41. The Morgan fingerprint density at radius 2 is 2.53 bits per heavy atom. The number of aromatic nitrogens is 2. The van der Waals surface area contributed by atoms with Gasteiger partial charge in [-0.05, 0) is 11.4 Å². The second kappa shape index (κ2) is 4.27. The van der Waals surface area contributed by atoms with Crippen LogP contribution in [0.2, 0.25) is 0 Å². The van der Waals surface area contributed by atoms with Crippen molar-refractivity contribution in [3.05, 3.63) is 40.6 Å². The third-order valence-corrected chi connectivity index (χ3v) is 2.96. The molecule has 0 bridgehead atoms. The average Bonchev–Trinajstić information content (AvgIpc) is 2.85. The molecule has 0 aliphatic rings. The van der Waals surface area contributed by atoms with Gasteiger partial charge in [0.1, 0.15) is 0 Å². The molecular formula is C10H11N3OS. The van der Waals surface area contributed by atoms with Gasteiger partial charge in [0.05, 0.1) is 23.4 Å². The summed E-state index contributed by atoms with van der Waals surface area (Å²) in [5.41, 5.74) is 0.986. The second-order valence-electron chi connectivity index (χ2n) is 3.16. The van der Waals surface area contributed by atoms with E-state index in [4.69, 9.17) is 0 Å². The molecule has 78 valence electrons. The van der Waals surface area contributed by atoms with Crippen molar-refractivity contribution in [2.24, 2.45) is 7.05 Å². The maximum Gasteiger partial charge on any atom is 0.261 e. The zero-order valence-electron chi connectivity index (χ0n) is 8.30. The summed E-state index contributed by atoms with van der Waals surface area (Å²) in [6.07, 6.45) is 3.46. The summed E-state index contributed by atoms with van der Waals surface area (Å²) in [7, 11) is 1.90. The highest BCUT2D eigenvalue weighted by molar-refractivity contribution is 7.12. The normalized spacial score (nSPS) is 10.2. The third kappa shape index (κ3) is 2.24. The van der Waals surface area contributed by atoms with E-state index in [9.17, 15) is 4.79 Å². The molecule has 0 aliphatic heterocycles. The number of rotatable bonds is 3. The van der Waals surface area contributed by atoms with Crippen molar-refractivity contribution >= 4 is 17.2 Å². The van der Waals surface area contributed by atoms with Crippen LogP contribution in [0.3, 0.4) is 0 Å². The Morgan fingerprint density at radius 3 is 3.13 bits per heavy atom. The first-order valence-electron chi connectivity index (χ1n) is 4.54. The molecule has 1 N–H and O–H groups in total. The zero-order valence-corrected chi connectivity index (χ0v) is 9.12. The number of aryl methyl sites for hydroxylation is 1. The monoisotopic (exact) mass is 221 g/mol. The number of carbonyl (C=O) groups is 1. The first-order valence-corrected chi connectivity index (χ1v) is 5.42. The standard InChI is InChI=1S/C10H11N3OS/c1-13-7-11-5-8(13)6-12-10(14)9-3-2-4-15-9/h2-5,7H,6H2,1H3,(H,12,14). The van der Waals surface area contributed by atoms with Crippen LogP contribution in [0.4, 0.5) is 0 Å². The molecule has 15 heavy (non-hydrogen) atoms. The number of thiophene rings is 1. The van der Waals surface area contributed by atoms with Gasteiger partial charge < -0.3 is 9.88 Å². The molecule has 0 spiro atoms. The number of imidazole rings is 1. The van der Waals surface area contributed by atoms with Gasteiger partial charge in [0, 0.05) is 13.2 Å². The molecule has 5 heteroatoms. The molecule has 2 aromatic rings. The lowest BCUT2D eigenvalue weighted by Gasteiger charge is -2.03. The molecule has 2 rings (SSSR count). The molecule has 0 saturated carbocycles. The molecule has 0 aliphatic carbocycles. The smallest absolute Gasteiger partial charge is 0.261 e. The van der Waals surface area contributed by atoms with Crippen LogP contribution in [0.25, 0.3) is 0 Å². The highest BCUT2D eigenvalue weighted by Crippen LogP contribution is 2.08. The Balaban J connectivity index is 1.95. The van der Waals surface area contributed by atoms with Crippen LogP contribution < -0.4 is 5.32 Å². The number of carbonyl (C=O) groups excluding carboxylic acids is 1. The van der Waals surface area contributed by atoms with Crippen LogP contribution in [-0.4, -0.2) is 15.5 Å². The van der Waals surface area contributed by atoms with Crippen LogP contribution in [0.5, 0.6) is 0 Å². The Bertz CT molecular complexity index is 447. The molecule has 0 atom stereocenters. The van der Waals surface area contributed by atoms with Crippen molar-refractivity contribution in [2.75, 3.05) is 0 Å². The Morgan fingerprint density at radius 1 is 1.67 bits per heavy atom. The molecule has 1 amide bonds. The minimum absolute atomic E-state index is 0.0359. The van der Waals surface area contributed by atoms with Gasteiger partial charge in [0.25, 0.3) is 5.91 Å². The maximum atomic E-state index is 11.6. The summed E-state index contributed by atoms with van der Waals surface area (Å²) in [6.45, 7) is 0.507. The van der Waals surface area contributed by atoms with Crippen LogP contribution in [0.15, 0.2) is 30.0 Å². The van der Waals surface area contributed by atoms with Crippen molar-refractivity contribution < 1.29 is 4.79 Å². The quantitative estimate of drug-likeness (QED) is 0.852. The molecule has 0 saturated heterocycles. The molecular weight excluding hydrogens is 210 g/mol. The van der Waals surface area contributed by atoms with Gasteiger partial charge in [-0.1, -0.05) is 6.07 Å². The van der Waals surface area contributed by atoms with Gasteiger partial charge in [-0.15, -0.1) is 11.3 Å². The van der Waals surface area contributed by atoms with Crippen LogP contribution in [0.1, 0.15) is 15.4 Å². The summed E-state index contributed by atoms with van der Waals surface area (Å²) in [6, 6.07) is 3.67. The first-order chi connectivity index (χ1) is 7.27. The minimum atomic E-state index is -0.0359. The Hall–Kier alpha value is -1.62. The molecule has 0 unspecified atom stereocenters. The summed E-state index contributed by atoms with van der Waals surface area (Å²) >= 11 is 1.44. The fraction of sp³-hybridized carbons (Fsp3) is 0.200. The molecule has 4 nitrogen and oxygen atoms in total. The lowest BCUT2D eigenvalue weighted by Crippen LogP contribution is -2.22. The highest BCUT2D eigenvalue weighted by Gasteiger charge is 2.06. The lowest BCUT2D eigenvalue weighted by atomic mass is 10.4. The van der Waals surface area contributed by atoms with Gasteiger partial charge in [0.2, 0.25) is 0 Å². The largest absolute Gasteiger partial charge is 0.346 e. The summed E-state index contributed by atoms with van der Waals surface area (Å²) in [5, 5.41) is 4.73. The Labute approximate surface area is 91.6 Å². The number of nitrogens with one attached hydrogen (secondary N) is 1. The lowest BCUT2D eigenvalue weighted by molar-refractivity contribution is 0.0954. The Kier molecular flexibility index (Phi) is 2.82. The van der Waals surface area contributed by atoms with Crippen molar-refractivity contribution in [3.63, 3.8) is 0 Å². The molecule has 2 aromatic heterocycles. The van der Waals surface area contributed by atoms with Gasteiger partial charge in [-0.3, -0.25) is 4.79 Å². The average molecular weight is 221 g/mol. The molecule has 0 aromatic carbocycles. The fourth-order valence-corrected chi connectivity index (χ4v) is 1.86. The van der Waals surface area contributed by atoms with Crippen molar-refractivity contribution in [1.29, 1.82) is 0 Å². The summed E-state index contributed by atoms with van der Waals surface area (Å²) < 4.78 is 1.88. The highest BCUT2D eigenvalue weighted by atomic mass is 32.1. The van der Waals surface area contributed by atoms with Crippen LogP contribution in [0, 0.1) is 0 Å². The van der Waals surface area contributed by atoms with Crippen LogP contribution in [-0.2, 0) is 13.6 Å². The number of hydrogen-bond donors (Lipinski definition) is 1. The SMILES string of the molecule is Cn1cncc1CNC(=O)c1cccs1. The van der Waals surface area contributed by atoms with Crippen molar-refractivity contribution in [1.82, 2.24) is 14.9 Å². The minimum Gasteiger partial charge on any atom is -0.346 e. The number of nitrogens with zero attached hydrogens (tertiary/aromatic N) is 2. The van der Waals surface area contributed by atoms with Gasteiger partial charge in [-0.2, -0.15) is 0 Å². The van der Waals surface area contributed by atoms with Crippen molar-refractivity contribution in [2.45, 2.75) is 6.54 Å². The molecule has 2 heterocycles. The van der Waals surface area contributed by atoms with E-state index >= 15 is 0 Å². The fourth-order valence-electron chi connectivity index (χ4n) is 1.22. The summed E-state index contributed by atoms with van der Waals surface area (Å²) in [4.78, 5) is 16.3. The van der Waals surface area contributed by atoms with Gasteiger partial charge in [-0.25, -0.2) is 4.98 Å².